The van der Waals surface area contributed by atoms with E-state index in [9.17, 15) is 9.18 Å². The van der Waals surface area contributed by atoms with E-state index in [0.29, 0.717) is 17.0 Å². The maximum atomic E-state index is 14.1. The van der Waals surface area contributed by atoms with Crippen LogP contribution in [0.25, 0.3) is 5.69 Å². The van der Waals surface area contributed by atoms with Crippen LogP contribution in [0, 0.1) is 5.82 Å². The Hall–Kier alpha value is -2.59. The van der Waals surface area contributed by atoms with E-state index in [4.69, 9.17) is 11.6 Å². The highest BCUT2D eigenvalue weighted by Gasteiger charge is 2.33. The first-order valence-corrected chi connectivity index (χ1v) is 9.44. The number of nitrogens with zero attached hydrogens (tertiary/aromatic N) is 2. The molecule has 1 heterocycles. The number of halogens is 2. The summed E-state index contributed by atoms with van der Waals surface area (Å²) in [6.07, 6.45) is 6.18. The number of aromatic nitrogens is 1. The molecule has 3 nitrogen and oxygen atoms in total. The topological polar surface area (TPSA) is 25.2 Å². The lowest BCUT2D eigenvalue weighted by Crippen LogP contribution is -2.34. The van der Waals surface area contributed by atoms with Gasteiger partial charge in [-0.25, -0.2) is 4.39 Å². The smallest absolute Gasteiger partial charge is 0.227 e. The summed E-state index contributed by atoms with van der Waals surface area (Å²) in [5, 5.41) is 0.365. The van der Waals surface area contributed by atoms with Gasteiger partial charge in [0.15, 0.2) is 0 Å². The van der Waals surface area contributed by atoms with Gasteiger partial charge >= 0.3 is 0 Å². The van der Waals surface area contributed by atoms with E-state index in [0.717, 1.165) is 24.1 Å². The van der Waals surface area contributed by atoms with Crippen LogP contribution in [0.5, 0.6) is 0 Å². The molecule has 0 spiro atoms. The molecule has 0 atom stereocenters. The normalized spacial score (nSPS) is 13.6. The molecule has 1 aliphatic rings. The summed E-state index contributed by atoms with van der Waals surface area (Å²) in [5.74, 6) is -0.359. The van der Waals surface area contributed by atoms with Crippen LogP contribution in [0.3, 0.4) is 0 Å². The van der Waals surface area contributed by atoms with Crippen molar-refractivity contribution in [1.29, 1.82) is 0 Å². The van der Waals surface area contributed by atoms with E-state index in [1.165, 1.54) is 6.07 Å². The Morgan fingerprint density at radius 3 is 2.41 bits per heavy atom. The molecule has 1 amide bonds. The minimum Gasteiger partial charge on any atom is -0.335 e. The number of hydrogen-bond acceptors (Lipinski definition) is 1. The molecule has 3 aromatic rings. The predicted molar refractivity (Wildman–Crippen MR) is 104 cm³/mol. The Labute approximate surface area is 163 Å². The van der Waals surface area contributed by atoms with Gasteiger partial charge in [0, 0.05) is 34.7 Å². The Kier molecular flexibility index (Phi) is 4.99. The number of hydrogen-bond donors (Lipinski definition) is 0. The number of benzene rings is 2. The summed E-state index contributed by atoms with van der Waals surface area (Å²) in [4.78, 5) is 14.7. The van der Waals surface area contributed by atoms with Crippen LogP contribution >= 0.6 is 11.6 Å². The van der Waals surface area contributed by atoms with Crippen LogP contribution in [-0.4, -0.2) is 21.4 Å². The summed E-state index contributed by atoms with van der Waals surface area (Å²) in [6, 6.07) is 16.7. The van der Waals surface area contributed by atoms with Gasteiger partial charge in [0.1, 0.15) is 5.82 Å². The van der Waals surface area contributed by atoms with E-state index >= 15 is 0 Å². The average molecular weight is 383 g/mol. The molecule has 0 N–H and O–H groups in total. The zero-order valence-corrected chi connectivity index (χ0v) is 15.6. The second-order valence-electron chi connectivity index (χ2n) is 6.89. The molecule has 0 aliphatic heterocycles. The summed E-state index contributed by atoms with van der Waals surface area (Å²) >= 11 is 6.15. The molecule has 2 aromatic carbocycles. The van der Waals surface area contributed by atoms with Gasteiger partial charge in [0.05, 0.1) is 13.0 Å². The number of carbonyl (C=O) groups excluding carboxylic acids is 1. The summed E-state index contributed by atoms with van der Waals surface area (Å²) in [6.45, 7) is 0.219. The molecule has 0 bridgehead atoms. The van der Waals surface area contributed by atoms with E-state index in [1.807, 2.05) is 53.4 Å². The molecule has 4 rings (SSSR count). The molecule has 0 saturated heterocycles. The zero-order valence-electron chi connectivity index (χ0n) is 14.8. The third-order valence-electron chi connectivity index (χ3n) is 4.89. The van der Waals surface area contributed by atoms with Gasteiger partial charge in [-0.3, -0.25) is 4.79 Å². The van der Waals surface area contributed by atoms with Crippen LogP contribution in [0.4, 0.5) is 4.39 Å². The number of amides is 1. The Morgan fingerprint density at radius 2 is 1.78 bits per heavy atom. The second kappa shape index (κ2) is 7.57. The fourth-order valence-electron chi connectivity index (χ4n) is 3.23. The highest BCUT2D eigenvalue weighted by molar-refractivity contribution is 6.31. The molecule has 138 valence electrons. The van der Waals surface area contributed by atoms with Gasteiger partial charge in [-0.1, -0.05) is 29.8 Å². The lowest BCUT2D eigenvalue weighted by molar-refractivity contribution is -0.131. The molecule has 1 aliphatic carbocycles. The lowest BCUT2D eigenvalue weighted by Gasteiger charge is -2.23. The Morgan fingerprint density at radius 1 is 1.07 bits per heavy atom. The van der Waals surface area contributed by atoms with Crippen molar-refractivity contribution in [3.05, 3.63) is 89.0 Å². The minimum atomic E-state index is -0.364. The van der Waals surface area contributed by atoms with Crippen molar-refractivity contribution >= 4 is 17.5 Å². The van der Waals surface area contributed by atoms with Crippen molar-refractivity contribution in [2.75, 3.05) is 0 Å². The maximum absolute atomic E-state index is 14.1. The van der Waals surface area contributed by atoms with Gasteiger partial charge in [-0.2, -0.15) is 0 Å². The third kappa shape index (κ3) is 4.06. The number of carbonyl (C=O) groups is 1. The van der Waals surface area contributed by atoms with Crippen molar-refractivity contribution in [3.63, 3.8) is 0 Å². The predicted octanol–water partition coefficient (Wildman–Crippen LogP) is 5.00. The standard InChI is InChI=1S/C22H20ClFN2O/c23-20-4-3-5-21(24)19(20)15-26(18-10-11-18)22(27)14-16-6-8-17(9-7-16)25-12-1-2-13-25/h1-9,12-13,18H,10-11,14-15H2. The van der Waals surface area contributed by atoms with Gasteiger partial charge < -0.3 is 9.47 Å². The van der Waals surface area contributed by atoms with Crippen molar-refractivity contribution in [2.45, 2.75) is 31.8 Å². The van der Waals surface area contributed by atoms with Gasteiger partial charge in [0.2, 0.25) is 5.91 Å². The molecular formula is C22H20ClFN2O. The molecule has 1 fully saturated rings. The van der Waals surface area contributed by atoms with Gasteiger partial charge in [-0.05, 0) is 54.8 Å². The zero-order chi connectivity index (χ0) is 18.8. The fourth-order valence-corrected chi connectivity index (χ4v) is 3.45. The molecule has 5 heteroatoms. The van der Waals surface area contributed by atoms with Crippen molar-refractivity contribution in [1.82, 2.24) is 9.47 Å². The van der Waals surface area contributed by atoms with Crippen LogP contribution < -0.4 is 0 Å². The van der Waals surface area contributed by atoms with Crippen LogP contribution in [0.1, 0.15) is 24.0 Å². The third-order valence-corrected chi connectivity index (χ3v) is 5.25. The van der Waals surface area contributed by atoms with Crippen LogP contribution in [0.15, 0.2) is 67.0 Å². The SMILES string of the molecule is O=C(Cc1ccc(-n2cccc2)cc1)N(Cc1c(F)cccc1Cl)C1CC1. The molecule has 0 radical (unpaired) electrons. The van der Waals surface area contributed by atoms with Crippen molar-refractivity contribution in [2.24, 2.45) is 0 Å². The fraction of sp³-hybridized carbons (Fsp3) is 0.227. The van der Waals surface area contributed by atoms with Crippen LogP contribution in [-0.2, 0) is 17.8 Å². The van der Waals surface area contributed by atoms with E-state index in [2.05, 4.69) is 0 Å². The van der Waals surface area contributed by atoms with Gasteiger partial charge in [-0.15, -0.1) is 0 Å². The molecule has 1 aromatic heterocycles. The lowest BCUT2D eigenvalue weighted by atomic mass is 10.1. The first-order chi connectivity index (χ1) is 13.1. The molecule has 1 saturated carbocycles. The average Bonchev–Trinajstić information content (AvgIpc) is 3.35. The van der Waals surface area contributed by atoms with Crippen molar-refractivity contribution < 1.29 is 9.18 Å². The first kappa shape index (κ1) is 17.8. The van der Waals surface area contributed by atoms with E-state index in [-0.39, 0.29) is 24.3 Å². The monoisotopic (exact) mass is 382 g/mol. The first-order valence-electron chi connectivity index (χ1n) is 9.06. The maximum Gasteiger partial charge on any atom is 0.227 e. The number of rotatable bonds is 6. The van der Waals surface area contributed by atoms with Gasteiger partial charge in [0.25, 0.3) is 0 Å². The molecular weight excluding hydrogens is 363 g/mol. The Balaban J connectivity index is 1.48. The quantitative estimate of drug-likeness (QED) is 0.588. The second-order valence-corrected chi connectivity index (χ2v) is 7.29. The minimum absolute atomic E-state index is 0.00512. The highest BCUT2D eigenvalue weighted by atomic mass is 35.5. The van der Waals surface area contributed by atoms with E-state index in [1.54, 1.807) is 17.0 Å². The largest absolute Gasteiger partial charge is 0.335 e. The van der Waals surface area contributed by atoms with Crippen molar-refractivity contribution in [3.8, 4) is 5.69 Å². The molecule has 0 unspecified atom stereocenters. The van der Waals surface area contributed by atoms with Crippen LogP contribution in [0.2, 0.25) is 5.02 Å². The van der Waals surface area contributed by atoms with E-state index < -0.39 is 0 Å². The summed E-state index contributed by atoms with van der Waals surface area (Å²) < 4.78 is 16.2. The summed E-state index contributed by atoms with van der Waals surface area (Å²) in [5.41, 5.74) is 2.39. The Bertz CT molecular complexity index is 913. The highest BCUT2D eigenvalue weighted by Crippen LogP contribution is 2.31. The summed E-state index contributed by atoms with van der Waals surface area (Å²) in [7, 11) is 0. The molecule has 27 heavy (non-hydrogen) atoms.